The molecule has 9 nitrogen and oxygen atoms in total. The monoisotopic (exact) mass is 727 g/mol. The number of aromatic nitrogens is 4. The second kappa shape index (κ2) is 15.9. The number of rotatable bonds is 14. The average molecular weight is 728 g/mol. The largest absolute Gasteiger partial charge is 0.598 e. The molecular weight excluding hydrogens is 675 g/mol. The molecule has 0 radical (unpaired) electrons. The van der Waals surface area contributed by atoms with Crippen LogP contribution in [0.15, 0.2) is 79.0 Å². The van der Waals surface area contributed by atoms with Crippen LogP contribution in [0.1, 0.15) is 84.3 Å². The molecule has 0 amide bonds. The van der Waals surface area contributed by atoms with E-state index in [-0.39, 0.29) is 11.1 Å². The average Bonchev–Trinajstić information content (AvgIpc) is 3.53. The Labute approximate surface area is 307 Å². The lowest BCUT2D eigenvalue weighted by Crippen LogP contribution is -2.41. The van der Waals surface area contributed by atoms with Crippen LogP contribution in [-0.2, 0) is 29.0 Å². The van der Waals surface area contributed by atoms with Gasteiger partial charge in [-0.15, -0.1) is 4.72 Å². The molecule has 1 unspecified atom stereocenters. The molecule has 0 spiro atoms. The van der Waals surface area contributed by atoms with Crippen molar-refractivity contribution in [1.82, 2.24) is 24.5 Å². The summed E-state index contributed by atoms with van der Waals surface area (Å²) >= 11 is -1.24. The molecule has 0 bridgehead atoms. The Morgan fingerprint density at radius 3 is 2.31 bits per heavy atom. The van der Waals surface area contributed by atoms with E-state index in [0.29, 0.717) is 24.8 Å². The molecule has 1 N–H and O–H groups in total. The van der Waals surface area contributed by atoms with Gasteiger partial charge >= 0.3 is 0 Å². The maximum Gasteiger partial charge on any atom is 0.192 e. The van der Waals surface area contributed by atoms with Gasteiger partial charge in [-0.25, -0.2) is 9.67 Å². The van der Waals surface area contributed by atoms with Crippen molar-refractivity contribution < 1.29 is 18.5 Å². The molecule has 0 saturated heterocycles. The highest BCUT2D eigenvalue weighted by molar-refractivity contribution is 7.90. The zero-order valence-electron chi connectivity index (χ0n) is 31.7. The number of nitrogens with zero attached hydrogens (tertiary/aromatic N) is 4. The van der Waals surface area contributed by atoms with E-state index >= 15 is 0 Å². The summed E-state index contributed by atoms with van der Waals surface area (Å²) < 4.78 is 36.3. The summed E-state index contributed by atoms with van der Waals surface area (Å²) in [4.78, 5) is 10.1. The van der Waals surface area contributed by atoms with E-state index in [1.165, 1.54) is 0 Å². The molecule has 11 heteroatoms. The number of pyridine rings is 2. The Kier molecular flexibility index (Phi) is 12.0. The lowest BCUT2D eigenvalue weighted by Gasteiger charge is -2.36. The van der Waals surface area contributed by atoms with E-state index < -0.39 is 24.4 Å². The predicted octanol–water partition coefficient (Wildman–Crippen LogP) is 9.48. The summed E-state index contributed by atoms with van der Waals surface area (Å²) in [5, 5.41) is 5.78. The first-order chi connectivity index (χ1) is 24.1. The Morgan fingerprint density at radius 1 is 0.922 bits per heavy atom. The Hall–Kier alpha value is -3.74. The molecule has 0 saturated carbocycles. The first-order valence-corrected chi connectivity index (χ1v) is 21.7. The molecule has 0 fully saturated rings. The van der Waals surface area contributed by atoms with Gasteiger partial charge in [0, 0.05) is 16.9 Å². The van der Waals surface area contributed by atoms with E-state index in [2.05, 4.69) is 51.6 Å². The minimum Gasteiger partial charge on any atom is -0.598 e. The maximum atomic E-state index is 13.1. The summed E-state index contributed by atoms with van der Waals surface area (Å²) in [7, 11) is -0.304. The first-order valence-electron chi connectivity index (χ1n) is 17.6. The van der Waals surface area contributed by atoms with Crippen molar-refractivity contribution in [2.45, 2.75) is 103 Å². The lowest BCUT2D eigenvalue weighted by atomic mass is 10.1. The molecule has 0 aliphatic carbocycles. The Morgan fingerprint density at radius 2 is 1.65 bits per heavy atom. The van der Waals surface area contributed by atoms with E-state index in [4.69, 9.17) is 29.0 Å². The maximum absolute atomic E-state index is 13.1. The molecule has 51 heavy (non-hydrogen) atoms. The number of benzene rings is 2. The van der Waals surface area contributed by atoms with Gasteiger partial charge in [-0.1, -0.05) is 58.4 Å². The van der Waals surface area contributed by atoms with Gasteiger partial charge in [-0.05, 0) is 99.4 Å². The molecule has 5 aromatic rings. The molecular formula is C40H53N5O4SSi. The van der Waals surface area contributed by atoms with Crippen LogP contribution in [0.5, 0.6) is 11.5 Å². The molecule has 2 aromatic carbocycles. The van der Waals surface area contributed by atoms with E-state index in [9.17, 15) is 4.55 Å². The van der Waals surface area contributed by atoms with Crippen LogP contribution < -0.4 is 14.2 Å². The summed E-state index contributed by atoms with van der Waals surface area (Å²) in [5.41, 5.74) is 5.21. The normalized spacial score (nSPS) is 13.7. The second-order valence-corrected chi connectivity index (χ2v) is 22.2. The van der Waals surface area contributed by atoms with E-state index in [1.54, 1.807) is 7.11 Å². The van der Waals surface area contributed by atoms with Gasteiger partial charge < -0.3 is 18.5 Å². The van der Waals surface area contributed by atoms with Gasteiger partial charge in [0.1, 0.15) is 22.9 Å². The molecule has 5 rings (SSSR count). The smallest absolute Gasteiger partial charge is 0.192 e. The number of methoxy groups -OCH3 is 1. The minimum absolute atomic E-state index is 0.100. The molecule has 3 heterocycles. The van der Waals surface area contributed by atoms with Crippen molar-refractivity contribution in [1.29, 1.82) is 0 Å². The van der Waals surface area contributed by atoms with Crippen molar-refractivity contribution >= 4 is 30.6 Å². The highest BCUT2D eigenvalue weighted by Gasteiger charge is 2.37. The molecule has 0 aliphatic rings. The van der Waals surface area contributed by atoms with Gasteiger partial charge in [0.15, 0.2) is 14.1 Å². The number of fused-ring (bicyclic) bond motifs is 1. The summed E-state index contributed by atoms with van der Waals surface area (Å²) in [6.45, 7) is 20.1. The van der Waals surface area contributed by atoms with Crippen LogP contribution >= 0.6 is 0 Å². The third kappa shape index (κ3) is 9.38. The van der Waals surface area contributed by atoms with Crippen molar-refractivity contribution in [2.75, 3.05) is 7.11 Å². The van der Waals surface area contributed by atoms with Crippen molar-refractivity contribution in [3.05, 3.63) is 95.9 Å². The number of hydrogen-bond acceptors (Lipinski definition) is 8. The Bertz CT molecular complexity index is 1920. The van der Waals surface area contributed by atoms with Crippen LogP contribution in [0.2, 0.25) is 18.1 Å². The van der Waals surface area contributed by atoms with E-state index in [1.807, 2.05) is 98.4 Å². The number of ether oxygens (including phenoxy) is 2. The van der Waals surface area contributed by atoms with Gasteiger partial charge in [-0.3, -0.25) is 4.98 Å². The van der Waals surface area contributed by atoms with E-state index in [0.717, 1.165) is 57.7 Å². The lowest BCUT2D eigenvalue weighted by molar-refractivity contribution is 0.272. The van der Waals surface area contributed by atoms with Crippen molar-refractivity contribution in [2.24, 2.45) is 0 Å². The molecule has 3 aromatic heterocycles. The van der Waals surface area contributed by atoms with Crippen LogP contribution in [0.4, 0.5) is 0 Å². The number of hydrogen-bond donors (Lipinski definition) is 1. The van der Waals surface area contributed by atoms with Crippen molar-refractivity contribution in [3.63, 3.8) is 0 Å². The van der Waals surface area contributed by atoms with Crippen LogP contribution in [0, 0.1) is 0 Å². The fourth-order valence-electron chi connectivity index (χ4n) is 5.23. The third-order valence-corrected chi connectivity index (χ3v) is 15.5. The fourth-order valence-corrected chi connectivity index (χ4v) is 7.02. The minimum atomic E-state index is -1.96. The van der Waals surface area contributed by atoms with Crippen LogP contribution in [-0.4, -0.2) is 44.5 Å². The third-order valence-electron chi connectivity index (χ3n) is 9.41. The Balaban J connectivity index is 1.55. The van der Waals surface area contributed by atoms with Gasteiger partial charge in [0.05, 0.1) is 53.9 Å². The zero-order chi connectivity index (χ0) is 37.0. The van der Waals surface area contributed by atoms with Crippen LogP contribution in [0.25, 0.3) is 28.0 Å². The first kappa shape index (κ1) is 38.5. The summed E-state index contributed by atoms with van der Waals surface area (Å²) in [6.07, 6.45) is 3.56. The van der Waals surface area contributed by atoms with Crippen molar-refractivity contribution in [3.8, 4) is 28.6 Å². The second-order valence-electron chi connectivity index (χ2n) is 15.4. The SMILES string of the molecule is CCC[C@H](N[S+]([O-])C(C)(C)C)c1cccc(-c2cc(OCc3ccc(OC)cc3)c3cnn(-c4cccc(CO[Si](C)(C)C(C)(C)C)n4)c3c2)n1. The topological polar surface area (TPSA) is 106 Å². The quantitative estimate of drug-likeness (QED) is 0.0891. The zero-order valence-corrected chi connectivity index (χ0v) is 33.6. The molecule has 2 atom stereocenters. The highest BCUT2D eigenvalue weighted by Crippen LogP contribution is 2.37. The fraction of sp³-hybridized carbons (Fsp3) is 0.425. The summed E-state index contributed by atoms with van der Waals surface area (Å²) in [5.74, 6) is 2.17. The molecule has 272 valence electrons. The standard InChI is InChI=1S/C40H53N5O4SSi/c1-11-14-35(44-50(46)39(2,3)4)34-17-13-16-33(43-34)29-23-36-32(37(24-29)48-26-28-19-21-31(47-8)22-20-28)25-41-45(36)38-18-12-15-30(42-38)27-49-51(9,10)40(5,6)7/h12-13,15-25,35,44H,11,14,26-27H2,1-10H3/t35-,50?/m0/s1. The van der Waals surface area contributed by atoms with Gasteiger partial charge in [0.25, 0.3) is 0 Å². The predicted molar refractivity (Wildman–Crippen MR) is 210 cm³/mol. The van der Waals surface area contributed by atoms with Gasteiger partial charge in [0.2, 0.25) is 0 Å². The highest BCUT2D eigenvalue weighted by atomic mass is 32.2. The van der Waals surface area contributed by atoms with Crippen LogP contribution in [0.3, 0.4) is 0 Å². The number of nitrogens with one attached hydrogen (secondary N) is 1. The molecule has 0 aliphatic heterocycles. The van der Waals surface area contributed by atoms with Gasteiger partial charge in [-0.2, -0.15) is 5.10 Å². The summed E-state index contributed by atoms with van der Waals surface area (Å²) in [6, 6.07) is 23.8.